The van der Waals surface area contributed by atoms with Crippen LogP contribution >= 0.6 is 0 Å². The summed E-state index contributed by atoms with van der Waals surface area (Å²) in [4.78, 5) is 0. The number of aryl methyl sites for hydroxylation is 2. The van der Waals surface area contributed by atoms with E-state index < -0.39 is 0 Å². The van der Waals surface area contributed by atoms with Crippen LogP contribution in [0.5, 0.6) is 0 Å². The Balaban J connectivity index is 1.99. The number of rotatable bonds is 8. The maximum absolute atomic E-state index is 3.46. The van der Waals surface area contributed by atoms with Crippen LogP contribution in [0.15, 0.2) is 24.3 Å². The lowest BCUT2D eigenvalue weighted by atomic mass is 10.1. The molecule has 96 valence electrons. The summed E-state index contributed by atoms with van der Waals surface area (Å²) in [6.45, 7) is 9.71. The molecule has 0 bridgehead atoms. The fraction of sp³-hybridized carbons (Fsp3) is 0.600. The maximum Gasteiger partial charge on any atom is 0.00790 e. The Kier molecular flexibility index (Phi) is 6.90. The van der Waals surface area contributed by atoms with Crippen LogP contribution in [0.2, 0.25) is 0 Å². The smallest absolute Gasteiger partial charge is 0.00790 e. The maximum atomic E-state index is 3.46. The van der Waals surface area contributed by atoms with Crippen molar-refractivity contribution in [1.82, 2.24) is 10.6 Å². The van der Waals surface area contributed by atoms with Gasteiger partial charge in [-0.3, -0.25) is 0 Å². The minimum absolute atomic E-state index is 0.587. The van der Waals surface area contributed by atoms with E-state index in [-0.39, 0.29) is 0 Å². The lowest BCUT2D eigenvalue weighted by molar-refractivity contribution is 0.550. The number of benzene rings is 1. The molecule has 0 atom stereocenters. The van der Waals surface area contributed by atoms with Crippen LogP contribution in [0.4, 0.5) is 0 Å². The van der Waals surface area contributed by atoms with Crippen molar-refractivity contribution in [2.24, 2.45) is 0 Å². The van der Waals surface area contributed by atoms with Crippen LogP contribution in [0.25, 0.3) is 0 Å². The molecule has 0 aliphatic rings. The minimum Gasteiger partial charge on any atom is -0.315 e. The van der Waals surface area contributed by atoms with Crippen LogP contribution in [0, 0.1) is 6.92 Å². The predicted octanol–water partition coefficient (Wildman–Crippen LogP) is 2.52. The highest BCUT2D eigenvalue weighted by molar-refractivity contribution is 5.21. The van der Waals surface area contributed by atoms with Gasteiger partial charge in [-0.15, -0.1) is 0 Å². The van der Waals surface area contributed by atoms with E-state index in [1.54, 1.807) is 0 Å². The molecule has 0 aliphatic carbocycles. The second-order valence-corrected chi connectivity index (χ2v) is 4.95. The molecule has 0 saturated carbocycles. The average molecular weight is 234 g/mol. The van der Waals surface area contributed by atoms with Crippen LogP contribution in [-0.4, -0.2) is 25.7 Å². The molecule has 2 N–H and O–H groups in total. The van der Waals surface area contributed by atoms with Crippen molar-refractivity contribution in [2.45, 2.75) is 39.7 Å². The molecule has 0 aliphatic heterocycles. The summed E-state index contributed by atoms with van der Waals surface area (Å²) in [5, 5.41) is 6.86. The second kappa shape index (κ2) is 8.26. The largest absolute Gasteiger partial charge is 0.315 e. The third-order valence-corrected chi connectivity index (χ3v) is 2.79. The lowest BCUT2D eigenvalue weighted by Crippen LogP contribution is -2.32. The monoisotopic (exact) mass is 234 g/mol. The zero-order chi connectivity index (χ0) is 12.5. The zero-order valence-corrected chi connectivity index (χ0v) is 11.4. The molecule has 0 unspecified atom stereocenters. The second-order valence-electron chi connectivity index (χ2n) is 4.95. The van der Waals surface area contributed by atoms with Gasteiger partial charge in [0, 0.05) is 19.1 Å². The Labute approximate surface area is 106 Å². The van der Waals surface area contributed by atoms with Gasteiger partial charge in [-0.2, -0.15) is 0 Å². The topological polar surface area (TPSA) is 24.1 Å². The van der Waals surface area contributed by atoms with Gasteiger partial charge in [-0.25, -0.2) is 0 Å². The van der Waals surface area contributed by atoms with Gasteiger partial charge in [0.25, 0.3) is 0 Å². The van der Waals surface area contributed by atoms with Crippen molar-refractivity contribution in [3.8, 4) is 0 Å². The van der Waals surface area contributed by atoms with Crippen molar-refractivity contribution < 1.29 is 0 Å². The van der Waals surface area contributed by atoms with E-state index >= 15 is 0 Å². The average Bonchev–Trinajstić information content (AvgIpc) is 2.30. The quantitative estimate of drug-likeness (QED) is 0.675. The first-order valence-electron chi connectivity index (χ1n) is 6.68. The van der Waals surface area contributed by atoms with E-state index in [1.807, 2.05) is 0 Å². The normalized spacial score (nSPS) is 11.1. The third-order valence-electron chi connectivity index (χ3n) is 2.79. The van der Waals surface area contributed by atoms with E-state index in [0.29, 0.717) is 6.04 Å². The number of hydrogen-bond acceptors (Lipinski definition) is 2. The van der Waals surface area contributed by atoms with Gasteiger partial charge in [0.1, 0.15) is 0 Å². The molecule has 0 saturated heterocycles. The van der Waals surface area contributed by atoms with E-state index in [1.165, 1.54) is 24.0 Å². The van der Waals surface area contributed by atoms with Crippen molar-refractivity contribution >= 4 is 0 Å². The Morgan fingerprint density at radius 2 is 1.71 bits per heavy atom. The van der Waals surface area contributed by atoms with Crippen molar-refractivity contribution in [1.29, 1.82) is 0 Å². The van der Waals surface area contributed by atoms with Gasteiger partial charge in [-0.1, -0.05) is 43.7 Å². The number of hydrogen-bond donors (Lipinski definition) is 2. The van der Waals surface area contributed by atoms with E-state index in [2.05, 4.69) is 55.7 Å². The first-order chi connectivity index (χ1) is 8.18. The van der Waals surface area contributed by atoms with Crippen LogP contribution in [-0.2, 0) is 6.42 Å². The third kappa shape index (κ3) is 7.14. The summed E-state index contributed by atoms with van der Waals surface area (Å²) >= 11 is 0. The summed E-state index contributed by atoms with van der Waals surface area (Å²) in [7, 11) is 0. The molecule has 0 amide bonds. The first-order valence-corrected chi connectivity index (χ1v) is 6.68. The van der Waals surface area contributed by atoms with Gasteiger partial charge < -0.3 is 10.6 Å². The van der Waals surface area contributed by atoms with Crippen LogP contribution < -0.4 is 10.6 Å². The fourth-order valence-corrected chi connectivity index (χ4v) is 1.75. The molecule has 1 aromatic carbocycles. The number of nitrogens with one attached hydrogen (secondary N) is 2. The SMILES string of the molecule is Cc1ccc(CCCNCCNC(C)C)cc1. The molecule has 1 aromatic rings. The highest BCUT2D eigenvalue weighted by Gasteiger charge is 1.94. The standard InChI is InChI=1S/C15H26N2/c1-13(2)17-12-11-16-10-4-5-15-8-6-14(3)7-9-15/h6-9,13,16-17H,4-5,10-12H2,1-3H3. The van der Waals surface area contributed by atoms with Crippen LogP contribution in [0.1, 0.15) is 31.4 Å². The van der Waals surface area contributed by atoms with Gasteiger partial charge in [0.05, 0.1) is 0 Å². The molecular weight excluding hydrogens is 208 g/mol. The van der Waals surface area contributed by atoms with E-state index in [0.717, 1.165) is 19.6 Å². The molecule has 0 spiro atoms. The molecule has 0 heterocycles. The molecule has 2 nitrogen and oxygen atoms in total. The summed E-state index contributed by atoms with van der Waals surface area (Å²) in [5.41, 5.74) is 2.78. The Morgan fingerprint density at radius 3 is 2.35 bits per heavy atom. The molecule has 0 fully saturated rings. The summed E-state index contributed by atoms with van der Waals surface area (Å²) in [6, 6.07) is 9.43. The van der Waals surface area contributed by atoms with Gasteiger partial charge >= 0.3 is 0 Å². The molecule has 0 radical (unpaired) electrons. The zero-order valence-electron chi connectivity index (χ0n) is 11.4. The summed E-state index contributed by atoms with van der Waals surface area (Å²) in [6.07, 6.45) is 2.38. The summed E-state index contributed by atoms with van der Waals surface area (Å²) < 4.78 is 0. The molecular formula is C15H26N2. The minimum atomic E-state index is 0.587. The van der Waals surface area contributed by atoms with Gasteiger partial charge in [0.2, 0.25) is 0 Å². The Morgan fingerprint density at radius 1 is 1.00 bits per heavy atom. The molecule has 0 aromatic heterocycles. The Bertz CT molecular complexity index is 290. The summed E-state index contributed by atoms with van der Waals surface area (Å²) in [5.74, 6) is 0. The molecule has 17 heavy (non-hydrogen) atoms. The molecule has 2 heteroatoms. The first kappa shape index (κ1) is 14.2. The van der Waals surface area contributed by atoms with Crippen molar-refractivity contribution in [2.75, 3.05) is 19.6 Å². The lowest BCUT2D eigenvalue weighted by Gasteiger charge is -2.09. The van der Waals surface area contributed by atoms with Crippen molar-refractivity contribution in [3.63, 3.8) is 0 Å². The van der Waals surface area contributed by atoms with Crippen molar-refractivity contribution in [3.05, 3.63) is 35.4 Å². The highest BCUT2D eigenvalue weighted by atomic mass is 14.9. The highest BCUT2D eigenvalue weighted by Crippen LogP contribution is 2.04. The van der Waals surface area contributed by atoms with E-state index in [9.17, 15) is 0 Å². The van der Waals surface area contributed by atoms with Crippen LogP contribution in [0.3, 0.4) is 0 Å². The van der Waals surface area contributed by atoms with Gasteiger partial charge in [-0.05, 0) is 31.9 Å². The Hall–Kier alpha value is -0.860. The molecule has 1 rings (SSSR count). The van der Waals surface area contributed by atoms with E-state index in [4.69, 9.17) is 0 Å². The van der Waals surface area contributed by atoms with Gasteiger partial charge in [0.15, 0.2) is 0 Å². The predicted molar refractivity (Wildman–Crippen MR) is 75.5 cm³/mol. The fourth-order valence-electron chi connectivity index (χ4n) is 1.75.